The number of alkyl halides is 3. The topological polar surface area (TPSA) is 42.6 Å². The van der Waals surface area contributed by atoms with Gasteiger partial charge < -0.3 is 9.64 Å². The zero-order valence-electron chi connectivity index (χ0n) is 14.8. The third-order valence-corrected chi connectivity index (χ3v) is 3.73. The highest BCUT2D eigenvalue weighted by Gasteiger charge is 2.35. The number of aromatic nitrogens is 2. The largest absolute Gasteiger partial charge is 0.439 e. The number of halogens is 3. The molecule has 0 spiro atoms. The van der Waals surface area contributed by atoms with Gasteiger partial charge in [-0.25, -0.2) is 9.67 Å². The summed E-state index contributed by atoms with van der Waals surface area (Å²) in [4.78, 5) is 6.36. The van der Waals surface area contributed by atoms with E-state index in [4.69, 9.17) is 4.74 Å². The molecule has 0 aliphatic rings. The highest BCUT2D eigenvalue weighted by Crippen LogP contribution is 2.34. The second-order valence-corrected chi connectivity index (χ2v) is 5.81. The second-order valence-electron chi connectivity index (χ2n) is 5.81. The van der Waals surface area contributed by atoms with Crippen molar-refractivity contribution >= 4 is 12.0 Å². The van der Waals surface area contributed by atoms with Crippen LogP contribution >= 0.6 is 0 Å². The van der Waals surface area contributed by atoms with Crippen LogP contribution in [0, 0.1) is 13.8 Å². The maximum Gasteiger partial charge on any atom is 0.435 e. The van der Waals surface area contributed by atoms with Crippen LogP contribution in [0.3, 0.4) is 0 Å². The number of hydrogen-bond donors (Lipinski definition) is 0. The second kappa shape index (κ2) is 7.16. The van der Waals surface area contributed by atoms with E-state index in [0.717, 1.165) is 34.1 Å². The average Bonchev–Trinajstić information content (AvgIpc) is 2.90. The molecular weight excluding hydrogens is 333 g/mol. The number of nitrogens with zero attached hydrogens (tertiary/aromatic N) is 4. The molecule has 1 heterocycles. The zero-order chi connectivity index (χ0) is 18.8. The third-order valence-electron chi connectivity index (χ3n) is 3.73. The van der Waals surface area contributed by atoms with E-state index in [0.29, 0.717) is 5.75 Å². The molecule has 0 amide bonds. The standard InChI is InChI=1S/C17H21F3N4O/c1-6-23(4)10-21-13-7-12(3)14(8-11(13)2)25-16-9-15(17(18,19)20)22-24(16)5/h7-10H,6H2,1-5H3/b21-10+. The minimum atomic E-state index is -4.51. The Morgan fingerprint density at radius 3 is 2.48 bits per heavy atom. The van der Waals surface area contributed by atoms with Crippen LogP contribution in [0.2, 0.25) is 0 Å². The average molecular weight is 354 g/mol. The fourth-order valence-corrected chi connectivity index (χ4v) is 2.06. The van der Waals surface area contributed by atoms with Crippen molar-refractivity contribution in [3.63, 3.8) is 0 Å². The van der Waals surface area contributed by atoms with Crippen LogP contribution in [0.25, 0.3) is 0 Å². The lowest BCUT2D eigenvalue weighted by Crippen LogP contribution is -2.14. The fraction of sp³-hybridized carbons (Fsp3) is 0.412. The first-order valence-corrected chi connectivity index (χ1v) is 7.76. The number of benzene rings is 1. The molecule has 0 fully saturated rings. The minimum absolute atomic E-state index is 0.0248. The van der Waals surface area contributed by atoms with Gasteiger partial charge in [-0.05, 0) is 44.0 Å². The van der Waals surface area contributed by atoms with Crippen molar-refractivity contribution in [3.05, 3.63) is 35.0 Å². The molecule has 5 nitrogen and oxygen atoms in total. The van der Waals surface area contributed by atoms with Crippen molar-refractivity contribution in [1.29, 1.82) is 0 Å². The van der Waals surface area contributed by atoms with Crippen LogP contribution in [0.5, 0.6) is 11.6 Å². The first-order valence-electron chi connectivity index (χ1n) is 7.76. The maximum atomic E-state index is 12.7. The first-order chi connectivity index (χ1) is 11.6. The van der Waals surface area contributed by atoms with Gasteiger partial charge in [0.1, 0.15) is 5.75 Å². The predicted octanol–water partition coefficient (Wildman–Crippen LogP) is 4.46. The normalized spacial score (nSPS) is 12.0. The van der Waals surface area contributed by atoms with Crippen LogP contribution < -0.4 is 4.74 Å². The van der Waals surface area contributed by atoms with E-state index >= 15 is 0 Å². The molecular formula is C17H21F3N4O. The number of hydrogen-bond acceptors (Lipinski definition) is 3. The van der Waals surface area contributed by atoms with Crippen LogP contribution in [-0.2, 0) is 13.2 Å². The summed E-state index contributed by atoms with van der Waals surface area (Å²) in [7, 11) is 3.33. The molecule has 0 aliphatic carbocycles. The van der Waals surface area contributed by atoms with Gasteiger partial charge >= 0.3 is 6.18 Å². The van der Waals surface area contributed by atoms with Crippen LogP contribution in [0.4, 0.5) is 18.9 Å². The van der Waals surface area contributed by atoms with Gasteiger partial charge in [-0.2, -0.15) is 18.3 Å². The summed E-state index contributed by atoms with van der Waals surface area (Å²) in [5, 5.41) is 3.44. The summed E-state index contributed by atoms with van der Waals surface area (Å²) >= 11 is 0. The van der Waals surface area contributed by atoms with Gasteiger partial charge in [0.05, 0.1) is 12.0 Å². The quantitative estimate of drug-likeness (QED) is 0.588. The Kier molecular flexibility index (Phi) is 5.39. The van der Waals surface area contributed by atoms with Crippen LogP contribution in [0.1, 0.15) is 23.7 Å². The first kappa shape index (κ1) is 18.8. The van der Waals surface area contributed by atoms with Crippen LogP contribution in [-0.4, -0.2) is 34.6 Å². The number of aliphatic imine (C=N–C) groups is 1. The molecule has 25 heavy (non-hydrogen) atoms. The Balaban J connectivity index is 2.28. The minimum Gasteiger partial charge on any atom is -0.439 e. The van der Waals surface area contributed by atoms with E-state index in [-0.39, 0.29) is 5.88 Å². The molecule has 0 saturated carbocycles. The van der Waals surface area contributed by atoms with E-state index in [2.05, 4.69) is 10.1 Å². The predicted molar refractivity (Wildman–Crippen MR) is 90.7 cm³/mol. The molecule has 0 aliphatic heterocycles. The molecule has 0 saturated heterocycles. The monoisotopic (exact) mass is 354 g/mol. The molecule has 0 N–H and O–H groups in total. The van der Waals surface area contributed by atoms with Gasteiger partial charge in [0.2, 0.25) is 5.88 Å². The lowest BCUT2D eigenvalue weighted by molar-refractivity contribution is -0.141. The van der Waals surface area contributed by atoms with E-state index in [1.807, 2.05) is 38.8 Å². The Bertz CT molecular complexity index is 781. The Hall–Kier alpha value is -2.51. The highest BCUT2D eigenvalue weighted by molar-refractivity contribution is 5.64. The lowest BCUT2D eigenvalue weighted by atomic mass is 10.1. The molecule has 0 unspecified atom stereocenters. The van der Waals surface area contributed by atoms with Gasteiger partial charge in [0, 0.05) is 26.7 Å². The van der Waals surface area contributed by atoms with E-state index < -0.39 is 11.9 Å². The Labute approximate surface area is 144 Å². The summed E-state index contributed by atoms with van der Waals surface area (Å²) < 4.78 is 44.9. The van der Waals surface area contributed by atoms with Crippen molar-refractivity contribution < 1.29 is 17.9 Å². The third kappa shape index (κ3) is 4.52. The summed E-state index contributed by atoms with van der Waals surface area (Å²) in [6, 6.07) is 4.48. The molecule has 1 aromatic carbocycles. The van der Waals surface area contributed by atoms with E-state index in [1.165, 1.54) is 7.05 Å². The van der Waals surface area contributed by atoms with Crippen molar-refractivity contribution in [3.8, 4) is 11.6 Å². The van der Waals surface area contributed by atoms with E-state index in [1.54, 1.807) is 12.4 Å². The van der Waals surface area contributed by atoms with Gasteiger partial charge in [-0.1, -0.05) is 0 Å². The van der Waals surface area contributed by atoms with Crippen molar-refractivity contribution in [2.45, 2.75) is 26.9 Å². The fourth-order valence-electron chi connectivity index (χ4n) is 2.06. The molecule has 0 bridgehead atoms. The number of ether oxygens (including phenoxy) is 1. The molecule has 8 heteroatoms. The van der Waals surface area contributed by atoms with E-state index in [9.17, 15) is 13.2 Å². The number of rotatable bonds is 5. The summed E-state index contributed by atoms with van der Waals surface area (Å²) in [6.45, 7) is 6.54. The molecule has 2 aromatic rings. The lowest BCUT2D eigenvalue weighted by Gasteiger charge is -2.12. The van der Waals surface area contributed by atoms with Crippen molar-refractivity contribution in [2.24, 2.45) is 12.0 Å². The van der Waals surface area contributed by atoms with Gasteiger partial charge in [-0.3, -0.25) is 0 Å². The van der Waals surface area contributed by atoms with Gasteiger partial charge in [-0.15, -0.1) is 0 Å². The Morgan fingerprint density at radius 2 is 1.92 bits per heavy atom. The SMILES string of the molecule is CCN(C)/C=N/c1cc(C)c(Oc2cc(C(F)(F)F)nn2C)cc1C. The zero-order valence-corrected chi connectivity index (χ0v) is 14.8. The summed E-state index contributed by atoms with van der Waals surface area (Å²) in [5.41, 5.74) is 1.43. The van der Waals surface area contributed by atoms with Gasteiger partial charge in [0.25, 0.3) is 0 Å². The summed E-state index contributed by atoms with van der Waals surface area (Å²) in [5.74, 6) is 0.494. The molecule has 1 aromatic heterocycles. The highest BCUT2D eigenvalue weighted by atomic mass is 19.4. The molecule has 0 radical (unpaired) electrons. The summed E-state index contributed by atoms with van der Waals surface area (Å²) in [6.07, 6.45) is -2.77. The molecule has 0 atom stereocenters. The molecule has 136 valence electrons. The molecule has 2 rings (SSSR count). The smallest absolute Gasteiger partial charge is 0.435 e. The maximum absolute atomic E-state index is 12.7. The van der Waals surface area contributed by atoms with Crippen LogP contribution in [0.15, 0.2) is 23.2 Å². The van der Waals surface area contributed by atoms with Crippen molar-refractivity contribution in [1.82, 2.24) is 14.7 Å². The number of aryl methyl sites for hydroxylation is 3. The Morgan fingerprint density at radius 1 is 1.24 bits per heavy atom. The van der Waals surface area contributed by atoms with Gasteiger partial charge in [0.15, 0.2) is 5.69 Å². The van der Waals surface area contributed by atoms with Crippen molar-refractivity contribution in [2.75, 3.05) is 13.6 Å².